The van der Waals surface area contributed by atoms with Crippen molar-refractivity contribution >= 4 is 36.2 Å². The minimum absolute atomic E-state index is 0.0777. The monoisotopic (exact) mass is 570 g/mol. The molecule has 40 heavy (non-hydrogen) atoms. The van der Waals surface area contributed by atoms with Crippen molar-refractivity contribution in [3.63, 3.8) is 0 Å². The van der Waals surface area contributed by atoms with Gasteiger partial charge >= 0.3 is 6.09 Å². The first kappa shape index (κ1) is 30.9. The quantitative estimate of drug-likeness (QED) is 0.200. The molecule has 0 radical (unpaired) electrons. The molecule has 1 aliphatic rings. The van der Waals surface area contributed by atoms with Crippen LogP contribution in [0.15, 0.2) is 48.5 Å². The van der Waals surface area contributed by atoms with E-state index in [2.05, 4.69) is 28.6 Å². The summed E-state index contributed by atoms with van der Waals surface area (Å²) in [5, 5.41) is 19.5. The van der Waals surface area contributed by atoms with Gasteiger partial charge in [-0.15, -0.1) is 0 Å². The van der Waals surface area contributed by atoms with Gasteiger partial charge in [-0.2, -0.15) is 12.6 Å². The lowest BCUT2D eigenvalue weighted by molar-refractivity contribution is -0.384. The average Bonchev–Trinajstić information content (AvgIpc) is 2.85. The van der Waals surface area contributed by atoms with Gasteiger partial charge in [0.05, 0.1) is 11.0 Å². The number of nitro groups is 1. The van der Waals surface area contributed by atoms with Crippen LogP contribution in [0.1, 0.15) is 70.2 Å². The van der Waals surface area contributed by atoms with Crippen molar-refractivity contribution in [3.05, 3.63) is 75.3 Å². The van der Waals surface area contributed by atoms with Crippen molar-refractivity contribution in [1.29, 1.82) is 0 Å². The number of benzene rings is 2. The van der Waals surface area contributed by atoms with E-state index in [0.29, 0.717) is 5.56 Å². The summed E-state index contributed by atoms with van der Waals surface area (Å²) in [7, 11) is 0. The highest BCUT2D eigenvalue weighted by molar-refractivity contribution is 7.81. The van der Waals surface area contributed by atoms with Crippen LogP contribution in [0.25, 0.3) is 0 Å². The van der Waals surface area contributed by atoms with Crippen molar-refractivity contribution in [2.75, 3.05) is 0 Å². The third-order valence-electron chi connectivity index (χ3n) is 6.54. The van der Waals surface area contributed by atoms with E-state index in [1.807, 2.05) is 24.3 Å². The van der Waals surface area contributed by atoms with E-state index in [-0.39, 0.29) is 18.2 Å². The Labute approximate surface area is 240 Å². The molecule has 3 N–H and O–H groups in total. The molecule has 0 aromatic heterocycles. The molecule has 3 amide bonds. The van der Waals surface area contributed by atoms with Crippen LogP contribution in [-0.2, 0) is 27.2 Å². The maximum absolute atomic E-state index is 13.7. The SMILES string of the molecule is CC(C)(C)OC(=O)N[C@H](C(=O)N[C@@H](Cc1ccc([N+](=O)[O-])cc1)C(=O)N[C@@H]1CCCc2ccccc21)C(C)(C)S. The molecule has 11 heteroatoms. The van der Waals surface area contributed by atoms with Gasteiger partial charge in [-0.05, 0) is 70.6 Å². The second kappa shape index (κ2) is 12.7. The van der Waals surface area contributed by atoms with Crippen molar-refractivity contribution in [3.8, 4) is 0 Å². The van der Waals surface area contributed by atoms with E-state index in [1.165, 1.54) is 17.7 Å². The summed E-state index contributed by atoms with van der Waals surface area (Å²) in [4.78, 5) is 50.3. The lowest BCUT2D eigenvalue weighted by atomic mass is 9.87. The topological polar surface area (TPSA) is 140 Å². The van der Waals surface area contributed by atoms with Gasteiger partial charge in [0.2, 0.25) is 11.8 Å². The number of carbonyl (C=O) groups is 3. The Kier molecular flexibility index (Phi) is 9.83. The van der Waals surface area contributed by atoms with E-state index in [0.717, 1.165) is 24.8 Å². The number of nitrogens with one attached hydrogen (secondary N) is 3. The van der Waals surface area contributed by atoms with Crippen molar-refractivity contribution < 1.29 is 24.0 Å². The molecule has 0 saturated heterocycles. The average molecular weight is 571 g/mol. The molecule has 216 valence electrons. The largest absolute Gasteiger partial charge is 0.444 e. The zero-order valence-corrected chi connectivity index (χ0v) is 24.4. The molecule has 3 atom stereocenters. The zero-order chi connectivity index (χ0) is 29.7. The number of ether oxygens (including phenoxy) is 1. The summed E-state index contributed by atoms with van der Waals surface area (Å²) in [5.74, 6) is -1.02. The fourth-order valence-electron chi connectivity index (χ4n) is 4.62. The molecule has 0 spiro atoms. The van der Waals surface area contributed by atoms with Crippen molar-refractivity contribution in [1.82, 2.24) is 16.0 Å². The van der Waals surface area contributed by atoms with E-state index in [1.54, 1.807) is 46.8 Å². The summed E-state index contributed by atoms with van der Waals surface area (Å²) < 4.78 is 4.33. The first-order chi connectivity index (χ1) is 18.6. The predicted octanol–water partition coefficient (Wildman–Crippen LogP) is 4.42. The molecule has 2 aromatic carbocycles. The minimum Gasteiger partial charge on any atom is -0.444 e. The number of nitrogens with zero attached hydrogens (tertiary/aromatic N) is 1. The standard InChI is InChI=1S/C29H38N4O6S/c1-28(2,3)39-27(36)32-24(29(4,5)40)26(35)31-23(17-18-13-15-20(16-14-18)33(37)38)25(34)30-22-12-8-10-19-9-6-7-11-21(19)22/h6-7,9,11,13-16,22-24,40H,8,10,12,17H2,1-5H3,(H,30,34)(H,31,35)(H,32,36)/t22-,23+,24-/m1/s1. The van der Waals surface area contributed by atoms with Crippen LogP contribution >= 0.6 is 12.6 Å². The third kappa shape index (κ3) is 8.70. The molecule has 0 unspecified atom stereocenters. The summed E-state index contributed by atoms with van der Waals surface area (Å²) in [5.41, 5.74) is 1.99. The molecule has 3 rings (SSSR count). The van der Waals surface area contributed by atoms with Crippen LogP contribution < -0.4 is 16.0 Å². The van der Waals surface area contributed by atoms with Gasteiger partial charge in [0.25, 0.3) is 5.69 Å². The predicted molar refractivity (Wildman–Crippen MR) is 155 cm³/mol. The molecular formula is C29H38N4O6S. The number of alkyl carbamates (subject to hydrolysis) is 1. The second-order valence-electron chi connectivity index (χ2n) is 11.6. The van der Waals surface area contributed by atoms with Crippen molar-refractivity contribution in [2.24, 2.45) is 0 Å². The Hall–Kier alpha value is -3.60. The van der Waals surface area contributed by atoms with Crippen molar-refractivity contribution in [2.45, 2.75) is 88.8 Å². The molecule has 1 aliphatic carbocycles. The molecule has 0 bridgehead atoms. The Bertz CT molecular complexity index is 1240. The van der Waals surface area contributed by atoms with Gasteiger partial charge in [-0.1, -0.05) is 36.4 Å². The smallest absolute Gasteiger partial charge is 0.408 e. The van der Waals surface area contributed by atoms with E-state index >= 15 is 0 Å². The van der Waals surface area contributed by atoms with Crippen LogP contribution in [0.5, 0.6) is 0 Å². The summed E-state index contributed by atoms with van der Waals surface area (Å²) in [6.07, 6.45) is 1.89. The van der Waals surface area contributed by atoms with Crippen LogP contribution in [0.3, 0.4) is 0 Å². The van der Waals surface area contributed by atoms with Gasteiger partial charge in [0, 0.05) is 23.3 Å². The highest BCUT2D eigenvalue weighted by Gasteiger charge is 2.37. The number of nitro benzene ring substituents is 1. The number of amides is 3. The second-order valence-corrected chi connectivity index (χ2v) is 12.7. The minimum atomic E-state index is -1.13. The van der Waals surface area contributed by atoms with Gasteiger partial charge in [-0.3, -0.25) is 19.7 Å². The highest BCUT2D eigenvalue weighted by atomic mass is 32.1. The molecule has 2 aromatic rings. The number of thiol groups is 1. The number of rotatable bonds is 9. The lowest BCUT2D eigenvalue weighted by Crippen LogP contribution is -2.60. The number of carbonyl (C=O) groups excluding carboxylic acids is 3. The fraction of sp³-hybridized carbons (Fsp3) is 0.483. The lowest BCUT2D eigenvalue weighted by Gasteiger charge is -2.32. The number of hydrogen-bond donors (Lipinski definition) is 4. The Morgan fingerprint density at radius 3 is 2.27 bits per heavy atom. The number of non-ortho nitro benzene ring substituents is 1. The van der Waals surface area contributed by atoms with Crippen LogP contribution in [-0.4, -0.2) is 45.3 Å². The number of fused-ring (bicyclic) bond motifs is 1. The van der Waals surface area contributed by atoms with E-state index < -0.39 is 45.3 Å². The normalized spacial score (nSPS) is 16.6. The molecular weight excluding hydrogens is 532 g/mol. The molecule has 0 heterocycles. The molecule has 0 fully saturated rings. The fourth-order valence-corrected chi connectivity index (χ4v) is 4.80. The van der Waals surface area contributed by atoms with Crippen LogP contribution in [0.4, 0.5) is 10.5 Å². The highest BCUT2D eigenvalue weighted by Crippen LogP contribution is 2.29. The summed E-state index contributed by atoms with van der Waals surface area (Å²) in [6.45, 7) is 8.47. The molecule has 0 saturated carbocycles. The van der Waals surface area contributed by atoms with Gasteiger partial charge in [0.15, 0.2) is 0 Å². The first-order valence-electron chi connectivity index (χ1n) is 13.3. The Balaban J connectivity index is 1.85. The maximum Gasteiger partial charge on any atom is 0.408 e. The number of hydrogen-bond acceptors (Lipinski definition) is 7. The molecule has 10 nitrogen and oxygen atoms in total. The first-order valence-corrected chi connectivity index (χ1v) is 13.7. The van der Waals surface area contributed by atoms with E-state index in [9.17, 15) is 24.5 Å². The zero-order valence-electron chi connectivity index (χ0n) is 23.5. The van der Waals surface area contributed by atoms with E-state index in [4.69, 9.17) is 4.74 Å². The summed E-state index contributed by atoms with van der Waals surface area (Å²) in [6, 6.07) is 11.4. The van der Waals surface area contributed by atoms with Gasteiger partial charge in [-0.25, -0.2) is 4.79 Å². The van der Waals surface area contributed by atoms with Crippen LogP contribution in [0, 0.1) is 10.1 Å². The molecule has 0 aliphatic heterocycles. The van der Waals surface area contributed by atoms with Gasteiger partial charge in [0.1, 0.15) is 17.7 Å². The summed E-state index contributed by atoms with van der Waals surface area (Å²) >= 11 is 4.52. The Morgan fingerprint density at radius 2 is 1.68 bits per heavy atom. The maximum atomic E-state index is 13.7. The van der Waals surface area contributed by atoms with Gasteiger partial charge < -0.3 is 20.7 Å². The Morgan fingerprint density at radius 1 is 1.02 bits per heavy atom. The van der Waals surface area contributed by atoms with Crippen LogP contribution in [0.2, 0.25) is 0 Å². The number of aryl methyl sites for hydroxylation is 1. The third-order valence-corrected chi connectivity index (χ3v) is 6.79.